The predicted octanol–water partition coefficient (Wildman–Crippen LogP) is 4.55. The summed E-state index contributed by atoms with van der Waals surface area (Å²) in [5.41, 5.74) is 8.01. The van der Waals surface area contributed by atoms with Gasteiger partial charge in [-0.3, -0.25) is 9.59 Å². The summed E-state index contributed by atoms with van der Waals surface area (Å²) in [5, 5.41) is 0. The Morgan fingerprint density at radius 1 is 0.548 bits per heavy atom. The zero-order valence-corrected chi connectivity index (χ0v) is 21.3. The van der Waals surface area contributed by atoms with Crippen LogP contribution in [-0.2, 0) is 21.7 Å². The average Bonchev–Trinajstić information content (AvgIpc) is 2.51. The molecular formula is C26H34O4Ti+2. The fourth-order valence-electron chi connectivity index (χ4n) is 3.71. The molecule has 0 aliphatic rings. The van der Waals surface area contributed by atoms with Gasteiger partial charge in [-0.2, -0.15) is 0 Å². The second kappa shape index (κ2) is 12.4. The van der Waals surface area contributed by atoms with Gasteiger partial charge in [0, 0.05) is 35.6 Å². The van der Waals surface area contributed by atoms with Crippen molar-refractivity contribution < 1.29 is 40.9 Å². The second-order valence-electron chi connectivity index (χ2n) is 7.89. The molecule has 0 radical (unpaired) electrons. The Morgan fingerprint density at radius 2 is 0.774 bits per heavy atom. The number of carbonyl (C=O) groups excluding carboxylic acids is 4. The third-order valence-electron chi connectivity index (χ3n) is 4.56. The van der Waals surface area contributed by atoms with E-state index in [1.54, 1.807) is 0 Å². The van der Waals surface area contributed by atoms with Crippen LogP contribution < -0.4 is 0 Å². The van der Waals surface area contributed by atoms with Crippen molar-refractivity contribution in [2.75, 3.05) is 0 Å². The maximum atomic E-state index is 9.82. The van der Waals surface area contributed by atoms with Crippen LogP contribution in [0.2, 0.25) is 0 Å². The molecule has 0 spiro atoms. The molecule has 0 amide bonds. The van der Waals surface area contributed by atoms with Crippen molar-refractivity contribution in [2.24, 2.45) is 0 Å². The molecule has 0 atom stereocenters. The summed E-state index contributed by atoms with van der Waals surface area (Å²) < 4.78 is 0. The van der Waals surface area contributed by atoms with E-state index in [4.69, 9.17) is 9.59 Å². The minimum Gasteiger partial charge on any atom is -0.313 e. The molecule has 164 valence electrons. The first kappa shape index (κ1) is 28.6. The maximum Gasteiger partial charge on any atom is 0.247 e. The molecule has 0 aliphatic carbocycles. The summed E-state index contributed by atoms with van der Waals surface area (Å²) >= 11 is 0. The van der Waals surface area contributed by atoms with Crippen LogP contribution in [0.1, 0.15) is 58.4 Å². The van der Waals surface area contributed by atoms with Gasteiger partial charge in [0.25, 0.3) is 0 Å². The Bertz CT molecular complexity index is 875. The van der Waals surface area contributed by atoms with E-state index in [-0.39, 0.29) is 44.9 Å². The monoisotopic (exact) mass is 458 g/mol. The predicted molar refractivity (Wildman–Crippen MR) is 127 cm³/mol. The molecule has 0 aromatic heterocycles. The minimum atomic E-state index is 0. The Hall–Kier alpha value is -2.43. The van der Waals surface area contributed by atoms with E-state index >= 15 is 0 Å². The van der Waals surface area contributed by atoms with Crippen LogP contribution in [0.5, 0.6) is 0 Å². The molecule has 5 heteroatoms. The summed E-state index contributed by atoms with van der Waals surface area (Å²) in [5.74, 6) is 0.439. The van der Waals surface area contributed by atoms with Crippen LogP contribution in [0, 0.1) is 54.4 Å². The van der Waals surface area contributed by atoms with Crippen molar-refractivity contribution in [1.29, 1.82) is 0 Å². The molecular weight excluding hydrogens is 424 g/mol. The molecule has 0 saturated heterocycles. The summed E-state index contributed by atoms with van der Waals surface area (Å²) in [6, 6.07) is 8.05. The van der Waals surface area contributed by atoms with Gasteiger partial charge in [0.15, 0.2) is 0 Å². The van der Waals surface area contributed by atoms with E-state index in [1.165, 1.54) is 37.8 Å². The van der Waals surface area contributed by atoms with Crippen LogP contribution >= 0.6 is 0 Å². The summed E-state index contributed by atoms with van der Waals surface area (Å²) in [4.78, 5) is 37.8. The number of aryl methyl sites for hydroxylation is 6. The van der Waals surface area contributed by atoms with Gasteiger partial charge in [0.2, 0.25) is 23.1 Å². The van der Waals surface area contributed by atoms with Crippen molar-refractivity contribution in [3.63, 3.8) is 0 Å². The zero-order valence-electron chi connectivity index (χ0n) is 19.8. The Kier molecular flexibility index (Phi) is 11.5. The molecule has 4 nitrogen and oxygen atoms in total. The molecule has 31 heavy (non-hydrogen) atoms. The average molecular weight is 458 g/mol. The van der Waals surface area contributed by atoms with Crippen LogP contribution in [-0.4, -0.2) is 42.3 Å². The van der Waals surface area contributed by atoms with E-state index in [0.717, 1.165) is 33.4 Å². The standard InChI is InChI=1S/2C13H15O2.Ti/c2*1-8-5-9(2)13(10(3)6-8)12(15)7-11(4)14;/h2*5-7H,1-4H3;/q2*-1;/p+4. The second-order valence-corrected chi connectivity index (χ2v) is 7.89. The number of rotatable bonds is 6. The van der Waals surface area contributed by atoms with E-state index in [2.05, 4.69) is 0 Å². The normalized spacial score (nSPS) is 9.55. The van der Waals surface area contributed by atoms with Crippen molar-refractivity contribution in [1.82, 2.24) is 0 Å². The molecule has 4 N–H and O–H groups in total. The zero-order chi connectivity index (χ0) is 23.2. The summed E-state index contributed by atoms with van der Waals surface area (Å²) in [7, 11) is 0. The fraction of sp³-hybridized carbons (Fsp3) is 0.308. The Balaban J connectivity index is 0.000000562. The molecule has 2 aromatic rings. The third kappa shape index (κ3) is 8.68. The number of hydrogen-bond acceptors (Lipinski definition) is 0. The summed E-state index contributed by atoms with van der Waals surface area (Å²) in [6.45, 7) is 14.9. The van der Waals surface area contributed by atoms with E-state index in [1.807, 2.05) is 65.8 Å². The van der Waals surface area contributed by atoms with E-state index in [9.17, 15) is 9.59 Å². The van der Waals surface area contributed by atoms with Gasteiger partial charge in [-0.1, -0.05) is 74.2 Å². The molecule has 0 fully saturated rings. The SMILES string of the molecule is CC(=[OH+])[CH-]C(=[OH+])c1c(C)cc(C)cc1C.CC(=[OH+])[CH-]C(=[OH+])c1c(C)cc(C)cc1C.[Ti]. The topological polar surface area (TPSA) is 85.6 Å². The van der Waals surface area contributed by atoms with Crippen LogP contribution in [0.25, 0.3) is 0 Å². The van der Waals surface area contributed by atoms with Crippen LogP contribution in [0.4, 0.5) is 0 Å². The van der Waals surface area contributed by atoms with Gasteiger partial charge in [-0.05, 0) is 26.7 Å². The largest absolute Gasteiger partial charge is 0.313 e. The first-order valence-corrected chi connectivity index (χ1v) is 9.86. The number of benzene rings is 2. The molecule has 0 saturated carbocycles. The van der Waals surface area contributed by atoms with Crippen molar-refractivity contribution in [2.45, 2.75) is 55.4 Å². The molecule has 0 bridgehead atoms. The smallest absolute Gasteiger partial charge is 0.247 e. The van der Waals surface area contributed by atoms with Gasteiger partial charge >= 0.3 is 0 Å². The third-order valence-corrected chi connectivity index (χ3v) is 4.56. The van der Waals surface area contributed by atoms with Crippen LogP contribution in [0.15, 0.2) is 24.3 Å². The van der Waals surface area contributed by atoms with Gasteiger partial charge in [0.1, 0.15) is 0 Å². The van der Waals surface area contributed by atoms with Crippen molar-refractivity contribution in [3.05, 3.63) is 81.6 Å². The Morgan fingerprint density at radius 3 is 0.968 bits per heavy atom. The molecule has 0 aliphatic heterocycles. The first-order valence-electron chi connectivity index (χ1n) is 9.86. The van der Waals surface area contributed by atoms with Crippen molar-refractivity contribution in [3.8, 4) is 0 Å². The molecule has 0 unspecified atom stereocenters. The summed E-state index contributed by atoms with van der Waals surface area (Å²) in [6.07, 6.45) is 2.73. The van der Waals surface area contributed by atoms with E-state index in [0.29, 0.717) is 0 Å². The van der Waals surface area contributed by atoms with Crippen LogP contribution in [0.3, 0.4) is 0 Å². The molecule has 2 aromatic carbocycles. The first-order chi connectivity index (χ1) is 13.8. The fourth-order valence-corrected chi connectivity index (χ4v) is 3.71. The number of ketones is 4. The minimum absolute atomic E-state index is 0. The van der Waals surface area contributed by atoms with Gasteiger partial charge < -0.3 is 9.59 Å². The van der Waals surface area contributed by atoms with Gasteiger partial charge in [0.05, 0.1) is 0 Å². The number of hydrogen-bond donors (Lipinski definition) is 0. The van der Waals surface area contributed by atoms with Crippen molar-refractivity contribution >= 4 is 23.1 Å². The molecule has 2 rings (SSSR count). The molecule has 0 heterocycles. The van der Waals surface area contributed by atoms with Gasteiger partial charge in [-0.25, -0.2) is 0 Å². The maximum absolute atomic E-state index is 9.82. The van der Waals surface area contributed by atoms with E-state index < -0.39 is 0 Å². The Labute approximate surface area is 200 Å². The quantitative estimate of drug-likeness (QED) is 0.200. The van der Waals surface area contributed by atoms with Gasteiger partial charge in [-0.15, -0.1) is 22.3 Å².